The molecule has 1 atom stereocenters. The molecule has 0 aromatic heterocycles. The number of hydrogen-bond donors (Lipinski definition) is 1. The summed E-state index contributed by atoms with van der Waals surface area (Å²) >= 11 is 5.89. The molecule has 0 aliphatic rings. The zero-order chi connectivity index (χ0) is 16.1. The molecule has 0 saturated heterocycles. The molecule has 0 spiro atoms. The zero-order valence-corrected chi connectivity index (χ0v) is 13.9. The first-order chi connectivity index (χ1) is 11.2. The molecule has 0 heterocycles. The maximum Gasteiger partial charge on any atom is 0.0406 e. The number of benzene rings is 3. The van der Waals surface area contributed by atoms with Crippen LogP contribution in [0.4, 0.5) is 0 Å². The van der Waals surface area contributed by atoms with Crippen molar-refractivity contribution in [2.75, 3.05) is 6.54 Å². The van der Waals surface area contributed by atoms with Gasteiger partial charge in [-0.1, -0.05) is 78.4 Å². The van der Waals surface area contributed by atoms with Gasteiger partial charge in [-0.05, 0) is 41.0 Å². The van der Waals surface area contributed by atoms with Gasteiger partial charge in [-0.2, -0.15) is 0 Å². The van der Waals surface area contributed by atoms with Crippen molar-refractivity contribution < 1.29 is 0 Å². The van der Waals surface area contributed by atoms with Crippen LogP contribution >= 0.6 is 11.6 Å². The number of fused-ring (bicyclic) bond motifs is 1. The minimum atomic E-state index is 0.302. The van der Waals surface area contributed by atoms with Gasteiger partial charge < -0.3 is 5.32 Å². The predicted molar refractivity (Wildman–Crippen MR) is 101 cm³/mol. The van der Waals surface area contributed by atoms with E-state index in [-0.39, 0.29) is 0 Å². The maximum atomic E-state index is 5.89. The first-order valence-electron chi connectivity index (χ1n) is 7.87. The number of hydrogen-bond acceptors (Lipinski definition) is 1. The third-order valence-electron chi connectivity index (χ3n) is 4.01. The smallest absolute Gasteiger partial charge is 0.0406 e. The summed E-state index contributed by atoms with van der Waals surface area (Å²) in [6.07, 6.45) is 4.25. The molecule has 3 aromatic carbocycles. The van der Waals surface area contributed by atoms with Gasteiger partial charge in [-0.15, -0.1) is 0 Å². The molecule has 0 fully saturated rings. The van der Waals surface area contributed by atoms with E-state index in [1.54, 1.807) is 0 Å². The normalized spacial score (nSPS) is 12.8. The quantitative estimate of drug-likeness (QED) is 0.621. The Morgan fingerprint density at radius 3 is 2.52 bits per heavy atom. The summed E-state index contributed by atoms with van der Waals surface area (Å²) in [5.41, 5.74) is 2.50. The van der Waals surface area contributed by atoms with Crippen molar-refractivity contribution in [3.05, 3.63) is 89.0 Å². The Kier molecular flexibility index (Phi) is 5.12. The van der Waals surface area contributed by atoms with Crippen LogP contribution in [0.3, 0.4) is 0 Å². The standard InChI is InChI=1S/C21H20ClN/c1-16(20-10-4-8-18-7-2-3-9-21(18)20)23-15-5-6-17-11-13-19(22)14-12-17/h2-14,16,23H,15H2,1H3/b6-5+/t16-/m1/s1. The third kappa shape index (κ3) is 4.01. The fourth-order valence-corrected chi connectivity index (χ4v) is 2.88. The summed E-state index contributed by atoms with van der Waals surface area (Å²) in [6.45, 7) is 3.03. The van der Waals surface area contributed by atoms with Crippen molar-refractivity contribution in [2.45, 2.75) is 13.0 Å². The van der Waals surface area contributed by atoms with E-state index in [4.69, 9.17) is 11.6 Å². The SMILES string of the molecule is C[C@@H](NC/C=C/c1ccc(Cl)cc1)c1cccc2ccccc12. The van der Waals surface area contributed by atoms with Crippen LogP contribution in [0.15, 0.2) is 72.8 Å². The monoisotopic (exact) mass is 321 g/mol. The Bertz CT molecular complexity index is 800. The van der Waals surface area contributed by atoms with Crippen LogP contribution in [0, 0.1) is 0 Å². The topological polar surface area (TPSA) is 12.0 Å². The van der Waals surface area contributed by atoms with Crippen LogP contribution in [0.5, 0.6) is 0 Å². The van der Waals surface area contributed by atoms with E-state index in [0.717, 1.165) is 17.1 Å². The Hall–Kier alpha value is -2.09. The predicted octanol–water partition coefficient (Wildman–Crippen LogP) is 5.86. The van der Waals surface area contributed by atoms with Gasteiger partial charge in [0.25, 0.3) is 0 Å². The van der Waals surface area contributed by atoms with Gasteiger partial charge in [0.15, 0.2) is 0 Å². The van der Waals surface area contributed by atoms with Gasteiger partial charge in [-0.3, -0.25) is 0 Å². The third-order valence-corrected chi connectivity index (χ3v) is 4.26. The van der Waals surface area contributed by atoms with Crippen LogP contribution < -0.4 is 5.32 Å². The number of nitrogens with one attached hydrogen (secondary N) is 1. The minimum Gasteiger partial charge on any atom is -0.307 e. The molecule has 2 heteroatoms. The average Bonchev–Trinajstić information content (AvgIpc) is 2.59. The van der Waals surface area contributed by atoms with E-state index in [0.29, 0.717) is 6.04 Å². The van der Waals surface area contributed by atoms with Crippen LogP contribution in [-0.4, -0.2) is 6.54 Å². The molecule has 0 bridgehead atoms. The Morgan fingerprint density at radius 1 is 0.957 bits per heavy atom. The van der Waals surface area contributed by atoms with Crippen LogP contribution in [0.2, 0.25) is 5.02 Å². The number of rotatable bonds is 5. The lowest BCUT2D eigenvalue weighted by Gasteiger charge is -2.15. The molecule has 23 heavy (non-hydrogen) atoms. The van der Waals surface area contributed by atoms with Gasteiger partial charge in [0.05, 0.1) is 0 Å². The van der Waals surface area contributed by atoms with Gasteiger partial charge >= 0.3 is 0 Å². The van der Waals surface area contributed by atoms with Crippen molar-refractivity contribution in [2.24, 2.45) is 0 Å². The van der Waals surface area contributed by atoms with Gasteiger partial charge in [0.2, 0.25) is 0 Å². The lowest BCUT2D eigenvalue weighted by Crippen LogP contribution is -2.18. The summed E-state index contributed by atoms with van der Waals surface area (Å²) in [5, 5.41) is 6.93. The summed E-state index contributed by atoms with van der Waals surface area (Å²) in [7, 11) is 0. The van der Waals surface area contributed by atoms with Gasteiger partial charge in [0.1, 0.15) is 0 Å². The lowest BCUT2D eigenvalue weighted by atomic mass is 10.00. The first kappa shape index (κ1) is 15.8. The Labute approximate surface area is 142 Å². The van der Waals surface area contributed by atoms with Crippen LogP contribution in [0.1, 0.15) is 24.1 Å². The van der Waals surface area contributed by atoms with Crippen molar-refractivity contribution in [3.8, 4) is 0 Å². The summed E-state index contributed by atoms with van der Waals surface area (Å²) < 4.78 is 0. The first-order valence-corrected chi connectivity index (χ1v) is 8.25. The highest BCUT2D eigenvalue weighted by atomic mass is 35.5. The van der Waals surface area contributed by atoms with E-state index < -0.39 is 0 Å². The summed E-state index contributed by atoms with van der Waals surface area (Å²) in [4.78, 5) is 0. The second-order valence-electron chi connectivity index (χ2n) is 5.65. The van der Waals surface area contributed by atoms with Gasteiger partial charge in [0, 0.05) is 17.6 Å². The average molecular weight is 322 g/mol. The summed E-state index contributed by atoms with van der Waals surface area (Å²) in [5.74, 6) is 0. The highest BCUT2D eigenvalue weighted by Gasteiger charge is 2.07. The van der Waals surface area contributed by atoms with Crippen LogP contribution in [-0.2, 0) is 0 Å². The zero-order valence-electron chi connectivity index (χ0n) is 13.2. The van der Waals surface area contributed by atoms with E-state index in [9.17, 15) is 0 Å². The van der Waals surface area contributed by atoms with E-state index in [1.165, 1.54) is 16.3 Å². The Balaban J connectivity index is 1.64. The molecule has 0 aliphatic carbocycles. The largest absolute Gasteiger partial charge is 0.307 e. The molecule has 0 radical (unpaired) electrons. The molecule has 0 saturated carbocycles. The van der Waals surface area contributed by atoms with Crippen molar-refractivity contribution in [1.82, 2.24) is 5.32 Å². The lowest BCUT2D eigenvalue weighted by molar-refractivity contribution is 0.622. The molecule has 0 unspecified atom stereocenters. The second-order valence-corrected chi connectivity index (χ2v) is 6.09. The van der Waals surface area contributed by atoms with E-state index in [2.05, 4.69) is 66.9 Å². The van der Waals surface area contributed by atoms with Crippen LogP contribution in [0.25, 0.3) is 16.8 Å². The Morgan fingerprint density at radius 2 is 1.70 bits per heavy atom. The highest BCUT2D eigenvalue weighted by Crippen LogP contribution is 2.23. The van der Waals surface area contributed by atoms with E-state index in [1.807, 2.05) is 24.3 Å². The molecule has 0 amide bonds. The molecule has 1 nitrogen and oxygen atoms in total. The molecule has 3 rings (SSSR count). The summed E-state index contributed by atoms with van der Waals surface area (Å²) in [6, 6.07) is 23.2. The molecular weight excluding hydrogens is 302 g/mol. The molecule has 3 aromatic rings. The second kappa shape index (κ2) is 7.45. The van der Waals surface area contributed by atoms with Gasteiger partial charge in [-0.25, -0.2) is 0 Å². The van der Waals surface area contributed by atoms with Crippen molar-refractivity contribution >= 4 is 28.4 Å². The minimum absolute atomic E-state index is 0.302. The molecular formula is C21H20ClN. The highest BCUT2D eigenvalue weighted by molar-refractivity contribution is 6.30. The van der Waals surface area contributed by atoms with Crippen molar-refractivity contribution in [1.29, 1.82) is 0 Å². The van der Waals surface area contributed by atoms with E-state index >= 15 is 0 Å². The number of halogens is 1. The fraction of sp³-hybridized carbons (Fsp3) is 0.143. The molecule has 1 N–H and O–H groups in total. The molecule has 0 aliphatic heterocycles. The van der Waals surface area contributed by atoms with Crippen molar-refractivity contribution in [3.63, 3.8) is 0 Å². The maximum absolute atomic E-state index is 5.89. The molecule has 116 valence electrons. The fourth-order valence-electron chi connectivity index (χ4n) is 2.75.